The van der Waals surface area contributed by atoms with Crippen LogP contribution in [0, 0.1) is 11.8 Å². The lowest BCUT2D eigenvalue weighted by atomic mass is 9.91. The number of rotatable bonds is 3. The highest BCUT2D eigenvalue weighted by Gasteiger charge is 2.51. The van der Waals surface area contributed by atoms with Crippen molar-refractivity contribution in [3.8, 4) is 23.1 Å². The molecule has 3 heterocycles. The molecule has 1 N–H and O–H groups in total. The number of ether oxygens (including phenoxy) is 2. The van der Waals surface area contributed by atoms with Crippen LogP contribution in [0.15, 0.2) is 35.3 Å². The molecular weight excluding hydrogens is 408 g/mol. The SMILES string of the molecule is COC1CC(C)(C)N2C1c1cc(C#CC(C)(C)OC)ccc1-c1cc(=O)c(C(=O)O)cn12. The third-order valence-electron chi connectivity index (χ3n) is 6.40. The van der Waals surface area contributed by atoms with E-state index in [9.17, 15) is 14.7 Å². The maximum atomic E-state index is 12.6. The second-order valence-electron chi connectivity index (χ2n) is 9.43. The summed E-state index contributed by atoms with van der Waals surface area (Å²) in [6.45, 7) is 8.00. The molecule has 32 heavy (non-hydrogen) atoms. The quantitative estimate of drug-likeness (QED) is 0.745. The molecule has 0 aliphatic carbocycles. The standard InChI is InChI=1S/C25H28N2O5/c1-24(2)13-21(31-5)22-17-11-15(9-10-25(3,4)32-6)7-8-16(17)19-12-20(28)18(23(29)30)14-26(19)27(22)24/h7-8,11-12,14,21-22H,13H2,1-6H3,(H,29,30). The van der Waals surface area contributed by atoms with Crippen LogP contribution in [-0.2, 0) is 9.47 Å². The van der Waals surface area contributed by atoms with Gasteiger partial charge in [0.25, 0.3) is 0 Å². The van der Waals surface area contributed by atoms with Gasteiger partial charge in [-0.15, -0.1) is 0 Å². The molecule has 1 aromatic heterocycles. The summed E-state index contributed by atoms with van der Waals surface area (Å²) in [5.41, 5.74) is 1.71. The highest BCUT2D eigenvalue weighted by atomic mass is 16.5. The second-order valence-corrected chi connectivity index (χ2v) is 9.43. The first kappa shape index (κ1) is 22.1. The van der Waals surface area contributed by atoms with Crippen molar-refractivity contribution in [1.82, 2.24) is 4.68 Å². The minimum atomic E-state index is -1.24. The lowest BCUT2D eigenvalue weighted by Gasteiger charge is -2.44. The summed E-state index contributed by atoms with van der Waals surface area (Å²) >= 11 is 0. The van der Waals surface area contributed by atoms with E-state index in [1.54, 1.807) is 14.2 Å². The van der Waals surface area contributed by atoms with Crippen molar-refractivity contribution in [1.29, 1.82) is 0 Å². The molecule has 7 heteroatoms. The first-order chi connectivity index (χ1) is 15.0. The average Bonchev–Trinajstić information content (AvgIpc) is 3.02. The highest BCUT2D eigenvalue weighted by molar-refractivity contribution is 5.88. The fourth-order valence-corrected chi connectivity index (χ4v) is 4.66. The summed E-state index contributed by atoms with van der Waals surface area (Å²) in [6.07, 6.45) is 2.07. The molecular formula is C25H28N2O5. The molecule has 4 rings (SSSR count). The lowest BCUT2D eigenvalue weighted by Crippen LogP contribution is -2.50. The van der Waals surface area contributed by atoms with Crippen molar-refractivity contribution < 1.29 is 19.4 Å². The van der Waals surface area contributed by atoms with E-state index in [1.165, 1.54) is 12.3 Å². The van der Waals surface area contributed by atoms with E-state index in [0.717, 1.165) is 23.1 Å². The van der Waals surface area contributed by atoms with Crippen LogP contribution in [0.4, 0.5) is 0 Å². The predicted octanol–water partition coefficient (Wildman–Crippen LogP) is 3.18. The van der Waals surface area contributed by atoms with Crippen molar-refractivity contribution in [3.63, 3.8) is 0 Å². The van der Waals surface area contributed by atoms with Crippen molar-refractivity contribution in [3.05, 3.63) is 57.4 Å². The number of hydrogen-bond acceptors (Lipinski definition) is 5. The Bertz CT molecular complexity index is 1220. The molecule has 2 aromatic rings. The van der Waals surface area contributed by atoms with Crippen molar-refractivity contribution in [2.45, 2.75) is 57.4 Å². The van der Waals surface area contributed by atoms with E-state index in [0.29, 0.717) is 5.69 Å². The van der Waals surface area contributed by atoms with Gasteiger partial charge in [-0.25, -0.2) is 4.79 Å². The van der Waals surface area contributed by atoms with Crippen LogP contribution in [0.2, 0.25) is 0 Å². The minimum absolute atomic E-state index is 0.108. The number of methoxy groups -OCH3 is 2. The second kappa shape index (κ2) is 7.51. The number of carboxylic acid groups (broad SMARTS) is 1. The fraction of sp³-hybridized carbons (Fsp3) is 0.440. The zero-order chi connectivity index (χ0) is 23.4. The third-order valence-corrected chi connectivity index (χ3v) is 6.40. The zero-order valence-electron chi connectivity index (χ0n) is 19.2. The normalized spacial score (nSPS) is 20.6. The van der Waals surface area contributed by atoms with Crippen LogP contribution in [0.5, 0.6) is 0 Å². The van der Waals surface area contributed by atoms with Gasteiger partial charge in [-0.05, 0) is 45.4 Å². The molecule has 1 saturated heterocycles. The summed E-state index contributed by atoms with van der Waals surface area (Å²) in [6, 6.07) is 7.15. The van der Waals surface area contributed by atoms with Crippen molar-refractivity contribution in [2.24, 2.45) is 0 Å². The number of nitrogens with zero attached hydrogens (tertiary/aromatic N) is 2. The van der Waals surface area contributed by atoms with E-state index in [-0.39, 0.29) is 23.2 Å². The molecule has 7 nitrogen and oxygen atoms in total. The number of benzene rings is 1. The zero-order valence-corrected chi connectivity index (χ0v) is 19.2. The van der Waals surface area contributed by atoms with Gasteiger partial charge in [0, 0.05) is 44.0 Å². The van der Waals surface area contributed by atoms with E-state index >= 15 is 0 Å². The van der Waals surface area contributed by atoms with Crippen LogP contribution in [-0.4, -0.2) is 47.2 Å². The number of hydrogen-bond donors (Lipinski definition) is 1. The van der Waals surface area contributed by atoms with Gasteiger partial charge in [0.15, 0.2) is 5.43 Å². The van der Waals surface area contributed by atoms with Crippen LogP contribution < -0.4 is 10.4 Å². The molecule has 0 bridgehead atoms. The summed E-state index contributed by atoms with van der Waals surface area (Å²) in [7, 11) is 3.32. The van der Waals surface area contributed by atoms with E-state index in [1.807, 2.05) is 36.7 Å². The first-order valence-corrected chi connectivity index (χ1v) is 10.5. The van der Waals surface area contributed by atoms with Gasteiger partial charge in [-0.1, -0.05) is 17.9 Å². The Balaban J connectivity index is 1.97. The maximum absolute atomic E-state index is 12.6. The number of carboxylic acids is 1. The Morgan fingerprint density at radius 1 is 1.25 bits per heavy atom. The Morgan fingerprint density at radius 3 is 2.59 bits per heavy atom. The first-order valence-electron chi connectivity index (χ1n) is 10.5. The Kier molecular flexibility index (Phi) is 5.19. The molecule has 2 atom stereocenters. The summed E-state index contributed by atoms with van der Waals surface area (Å²) in [4.78, 5) is 24.2. The van der Waals surface area contributed by atoms with Gasteiger partial charge in [0.2, 0.25) is 0 Å². The number of aromatic carboxylic acids is 1. The number of carbonyl (C=O) groups is 1. The molecule has 2 unspecified atom stereocenters. The number of aromatic nitrogens is 1. The monoisotopic (exact) mass is 436 g/mol. The molecule has 0 radical (unpaired) electrons. The molecule has 1 fully saturated rings. The van der Waals surface area contributed by atoms with Crippen LogP contribution in [0.25, 0.3) is 11.3 Å². The summed E-state index contributed by atoms with van der Waals surface area (Å²) in [5.74, 6) is 5.11. The molecule has 0 saturated carbocycles. The molecule has 168 valence electrons. The predicted molar refractivity (Wildman–Crippen MR) is 122 cm³/mol. The lowest BCUT2D eigenvalue weighted by molar-refractivity contribution is 0.0693. The fourth-order valence-electron chi connectivity index (χ4n) is 4.66. The average molecular weight is 437 g/mol. The summed E-state index contributed by atoms with van der Waals surface area (Å²) in [5, 5.41) is 11.7. The molecule has 1 aromatic carbocycles. The van der Waals surface area contributed by atoms with Crippen LogP contribution in [0.3, 0.4) is 0 Å². The van der Waals surface area contributed by atoms with Gasteiger partial charge in [-0.3, -0.25) is 14.5 Å². The minimum Gasteiger partial charge on any atom is -0.477 e. The van der Waals surface area contributed by atoms with Crippen LogP contribution >= 0.6 is 0 Å². The molecule has 0 amide bonds. The number of fused-ring (bicyclic) bond motifs is 6. The third kappa shape index (κ3) is 3.50. The Labute approximate surface area is 187 Å². The number of pyridine rings is 1. The molecule has 2 aliphatic heterocycles. The van der Waals surface area contributed by atoms with Crippen molar-refractivity contribution in [2.75, 3.05) is 19.2 Å². The molecule has 2 aliphatic rings. The Morgan fingerprint density at radius 2 is 1.97 bits per heavy atom. The topological polar surface area (TPSA) is 81.0 Å². The van der Waals surface area contributed by atoms with Crippen LogP contribution in [0.1, 0.15) is 61.6 Å². The van der Waals surface area contributed by atoms with Gasteiger partial charge in [0.1, 0.15) is 11.2 Å². The van der Waals surface area contributed by atoms with E-state index < -0.39 is 17.0 Å². The smallest absolute Gasteiger partial charge is 0.341 e. The van der Waals surface area contributed by atoms with Gasteiger partial charge < -0.3 is 14.6 Å². The van der Waals surface area contributed by atoms with Gasteiger partial charge >= 0.3 is 5.97 Å². The largest absolute Gasteiger partial charge is 0.477 e. The highest BCUT2D eigenvalue weighted by Crippen LogP contribution is 2.49. The van der Waals surface area contributed by atoms with E-state index in [4.69, 9.17) is 9.47 Å². The van der Waals surface area contributed by atoms with Crippen molar-refractivity contribution >= 4 is 5.97 Å². The summed E-state index contributed by atoms with van der Waals surface area (Å²) < 4.78 is 13.1. The van der Waals surface area contributed by atoms with Gasteiger partial charge in [0.05, 0.1) is 23.4 Å². The van der Waals surface area contributed by atoms with Gasteiger partial charge in [-0.2, -0.15) is 0 Å². The Hall–Kier alpha value is -3.08. The molecule has 0 spiro atoms. The van der Waals surface area contributed by atoms with E-state index in [2.05, 4.69) is 30.7 Å². The maximum Gasteiger partial charge on any atom is 0.341 e.